The van der Waals surface area contributed by atoms with Gasteiger partial charge in [-0.2, -0.15) is 17.6 Å². The number of aromatic nitrogens is 3. The highest BCUT2D eigenvalue weighted by molar-refractivity contribution is 5.91. The summed E-state index contributed by atoms with van der Waals surface area (Å²) >= 11 is 0. The molecule has 0 fully saturated rings. The molecule has 0 saturated carbocycles. The monoisotopic (exact) mass is 499 g/mol. The van der Waals surface area contributed by atoms with Gasteiger partial charge in [0.25, 0.3) is 0 Å². The van der Waals surface area contributed by atoms with Crippen LogP contribution in [0.3, 0.4) is 0 Å². The Labute approximate surface area is 194 Å². The van der Waals surface area contributed by atoms with Crippen molar-refractivity contribution in [2.45, 2.75) is 26.9 Å². The van der Waals surface area contributed by atoms with Crippen molar-refractivity contribution in [3.8, 4) is 28.6 Å². The lowest BCUT2D eigenvalue weighted by Crippen LogP contribution is -2.21. The van der Waals surface area contributed by atoms with Crippen molar-refractivity contribution in [2.24, 2.45) is 0 Å². The highest BCUT2D eigenvalue weighted by atomic mass is 19.4. The molecule has 35 heavy (non-hydrogen) atoms. The standard InChI is InChI=1S/C22H18F5N3O5/c1-5-34-21(32)16-10(3)28-12(8-13(16)31)15-9(2)19(22(25,26)27)29-30-20(15)35-14-7-6-11(23)17(24)18(14)33-4/h6-8H,5H2,1-4H3,(H,28,31). The summed E-state index contributed by atoms with van der Waals surface area (Å²) in [5.74, 6) is -5.22. The van der Waals surface area contributed by atoms with Crippen LogP contribution in [0, 0.1) is 25.5 Å². The number of esters is 1. The van der Waals surface area contributed by atoms with Gasteiger partial charge in [-0.3, -0.25) is 4.79 Å². The number of carbonyl (C=O) groups excluding carboxylic acids is 1. The van der Waals surface area contributed by atoms with E-state index < -0.39 is 57.8 Å². The van der Waals surface area contributed by atoms with Crippen molar-refractivity contribution in [2.75, 3.05) is 13.7 Å². The van der Waals surface area contributed by atoms with Crippen LogP contribution < -0.4 is 14.9 Å². The lowest BCUT2D eigenvalue weighted by molar-refractivity contribution is -0.142. The Kier molecular flexibility index (Phi) is 7.08. The van der Waals surface area contributed by atoms with Gasteiger partial charge in [0.1, 0.15) is 5.56 Å². The molecule has 1 aromatic carbocycles. The summed E-state index contributed by atoms with van der Waals surface area (Å²) in [6.07, 6.45) is -4.91. The van der Waals surface area contributed by atoms with Crippen molar-refractivity contribution < 1.29 is 41.0 Å². The normalized spacial score (nSPS) is 11.3. The minimum Gasteiger partial charge on any atom is -0.490 e. The maximum atomic E-state index is 14.1. The first kappa shape index (κ1) is 25.6. The molecular weight excluding hydrogens is 481 g/mol. The SMILES string of the molecule is CCOC(=O)c1c(C)[nH]c(-c2c(Oc3ccc(F)c(F)c3OC)nnc(C(F)(F)F)c2C)cc1=O. The third-order valence-electron chi connectivity index (χ3n) is 4.85. The molecule has 0 amide bonds. The highest BCUT2D eigenvalue weighted by Crippen LogP contribution is 2.41. The van der Waals surface area contributed by atoms with E-state index in [-0.39, 0.29) is 29.1 Å². The number of rotatable bonds is 6. The molecule has 0 radical (unpaired) electrons. The van der Waals surface area contributed by atoms with Gasteiger partial charge in [-0.25, -0.2) is 9.18 Å². The fourth-order valence-corrected chi connectivity index (χ4v) is 3.33. The van der Waals surface area contributed by atoms with Crippen LogP contribution in [-0.2, 0) is 10.9 Å². The molecule has 186 valence electrons. The van der Waals surface area contributed by atoms with Crippen LogP contribution >= 0.6 is 0 Å². The van der Waals surface area contributed by atoms with Crippen LogP contribution in [0.15, 0.2) is 23.0 Å². The molecule has 13 heteroatoms. The van der Waals surface area contributed by atoms with Crippen molar-refractivity contribution in [3.05, 3.63) is 62.6 Å². The summed E-state index contributed by atoms with van der Waals surface area (Å²) in [6, 6.07) is 2.57. The predicted octanol–water partition coefficient (Wildman–Crippen LogP) is 4.72. The lowest BCUT2D eigenvalue weighted by Gasteiger charge is -2.18. The van der Waals surface area contributed by atoms with E-state index in [0.717, 1.165) is 32.2 Å². The third-order valence-corrected chi connectivity index (χ3v) is 4.85. The van der Waals surface area contributed by atoms with Crippen LogP contribution in [0.2, 0.25) is 0 Å². The van der Waals surface area contributed by atoms with E-state index in [1.165, 1.54) is 13.8 Å². The fourth-order valence-electron chi connectivity index (χ4n) is 3.33. The molecule has 0 aliphatic heterocycles. The molecule has 2 aromatic heterocycles. The topological polar surface area (TPSA) is 103 Å². The molecule has 3 rings (SSSR count). The summed E-state index contributed by atoms with van der Waals surface area (Å²) in [5, 5.41) is 6.64. The minimum absolute atomic E-state index is 0.00413. The van der Waals surface area contributed by atoms with E-state index in [1.54, 1.807) is 0 Å². The van der Waals surface area contributed by atoms with Gasteiger partial charge in [0.15, 0.2) is 22.7 Å². The van der Waals surface area contributed by atoms with Crippen molar-refractivity contribution >= 4 is 5.97 Å². The van der Waals surface area contributed by atoms with Gasteiger partial charge in [-0.1, -0.05) is 0 Å². The molecular formula is C22H18F5N3O5. The number of aromatic amines is 1. The van der Waals surface area contributed by atoms with E-state index in [1.807, 2.05) is 0 Å². The first-order valence-corrected chi connectivity index (χ1v) is 9.96. The van der Waals surface area contributed by atoms with Crippen LogP contribution in [0.1, 0.15) is 34.2 Å². The molecule has 0 aliphatic rings. The molecule has 0 aliphatic carbocycles. The number of carbonyl (C=O) groups is 1. The number of hydrogen-bond donors (Lipinski definition) is 1. The second-order valence-electron chi connectivity index (χ2n) is 7.11. The molecule has 2 heterocycles. The van der Waals surface area contributed by atoms with E-state index in [4.69, 9.17) is 14.2 Å². The number of hydrogen-bond acceptors (Lipinski definition) is 7. The van der Waals surface area contributed by atoms with Crippen LogP contribution in [0.25, 0.3) is 11.3 Å². The summed E-state index contributed by atoms with van der Waals surface area (Å²) in [6.45, 7) is 3.95. The van der Waals surface area contributed by atoms with Crippen molar-refractivity contribution in [1.29, 1.82) is 0 Å². The lowest BCUT2D eigenvalue weighted by atomic mass is 10.0. The van der Waals surface area contributed by atoms with Gasteiger partial charge in [-0.15, -0.1) is 10.2 Å². The molecule has 0 bridgehead atoms. The Morgan fingerprint density at radius 2 is 1.83 bits per heavy atom. The van der Waals surface area contributed by atoms with Gasteiger partial charge in [0.05, 0.1) is 25.0 Å². The second kappa shape index (κ2) is 9.68. The van der Waals surface area contributed by atoms with E-state index in [9.17, 15) is 31.5 Å². The zero-order valence-corrected chi connectivity index (χ0v) is 18.8. The number of aryl methyl sites for hydroxylation is 1. The first-order valence-electron chi connectivity index (χ1n) is 9.96. The van der Waals surface area contributed by atoms with Crippen LogP contribution in [-0.4, -0.2) is 34.9 Å². The Hall–Kier alpha value is -4.03. The largest absolute Gasteiger partial charge is 0.490 e. The number of pyridine rings is 1. The molecule has 8 nitrogen and oxygen atoms in total. The number of halogens is 5. The van der Waals surface area contributed by atoms with Gasteiger partial charge >= 0.3 is 12.1 Å². The van der Waals surface area contributed by atoms with Gasteiger partial charge in [-0.05, 0) is 38.5 Å². The maximum Gasteiger partial charge on any atom is 0.435 e. The molecule has 0 unspecified atom stereocenters. The fraction of sp³-hybridized carbons (Fsp3) is 0.273. The van der Waals surface area contributed by atoms with E-state index >= 15 is 0 Å². The molecule has 1 N–H and O–H groups in total. The first-order chi connectivity index (χ1) is 16.4. The smallest absolute Gasteiger partial charge is 0.435 e. The van der Waals surface area contributed by atoms with Crippen LogP contribution in [0.5, 0.6) is 17.4 Å². The number of benzene rings is 1. The Balaban J connectivity index is 2.27. The number of ether oxygens (including phenoxy) is 3. The van der Waals surface area contributed by atoms with Crippen molar-refractivity contribution in [1.82, 2.24) is 15.2 Å². The van der Waals surface area contributed by atoms with Gasteiger partial charge < -0.3 is 19.2 Å². The average molecular weight is 499 g/mol. The zero-order valence-electron chi connectivity index (χ0n) is 18.8. The number of nitrogens with zero attached hydrogens (tertiary/aromatic N) is 2. The van der Waals surface area contributed by atoms with Crippen LogP contribution in [0.4, 0.5) is 22.0 Å². The molecule has 3 aromatic rings. The Bertz CT molecular complexity index is 1350. The maximum absolute atomic E-state index is 14.1. The highest BCUT2D eigenvalue weighted by Gasteiger charge is 2.37. The van der Waals surface area contributed by atoms with Crippen molar-refractivity contribution in [3.63, 3.8) is 0 Å². The van der Waals surface area contributed by atoms with Gasteiger partial charge in [0, 0.05) is 11.8 Å². The third kappa shape index (κ3) is 4.93. The summed E-state index contributed by atoms with van der Waals surface area (Å²) in [5.41, 5.74) is -3.57. The Morgan fingerprint density at radius 3 is 2.40 bits per heavy atom. The zero-order chi connectivity index (χ0) is 26.1. The average Bonchev–Trinajstić information content (AvgIpc) is 2.75. The molecule has 0 saturated heterocycles. The number of nitrogens with one attached hydrogen (secondary N) is 1. The Morgan fingerprint density at radius 1 is 1.14 bits per heavy atom. The minimum atomic E-state index is -4.91. The number of H-pyrrole nitrogens is 1. The summed E-state index contributed by atoms with van der Waals surface area (Å²) < 4.78 is 83.5. The summed E-state index contributed by atoms with van der Waals surface area (Å²) in [4.78, 5) is 27.5. The van der Waals surface area contributed by atoms with E-state index in [0.29, 0.717) is 0 Å². The molecule has 0 atom stereocenters. The summed E-state index contributed by atoms with van der Waals surface area (Å²) in [7, 11) is 1.03. The molecule has 0 spiro atoms. The predicted molar refractivity (Wildman–Crippen MR) is 112 cm³/mol. The number of alkyl halides is 3. The quantitative estimate of drug-likeness (QED) is 0.387. The van der Waals surface area contributed by atoms with E-state index in [2.05, 4.69) is 15.2 Å². The number of methoxy groups -OCH3 is 1. The van der Waals surface area contributed by atoms with Gasteiger partial charge in [0.2, 0.25) is 17.4 Å². The second-order valence-corrected chi connectivity index (χ2v) is 7.11.